The number of aliphatic hydroxyl groups is 1. The van der Waals surface area contributed by atoms with Gasteiger partial charge in [-0.25, -0.2) is 19.7 Å². The van der Waals surface area contributed by atoms with Gasteiger partial charge in [-0.15, -0.1) is 0 Å². The van der Waals surface area contributed by atoms with Crippen LogP contribution >= 0.6 is 0 Å². The van der Waals surface area contributed by atoms with E-state index in [0.717, 1.165) is 24.0 Å². The van der Waals surface area contributed by atoms with E-state index in [1.165, 1.54) is 12.7 Å². The van der Waals surface area contributed by atoms with Gasteiger partial charge in [-0.3, -0.25) is 4.79 Å². The summed E-state index contributed by atoms with van der Waals surface area (Å²) in [6.07, 6.45) is 4.45. The number of hydrogen-bond acceptors (Lipinski definition) is 7. The molecule has 1 unspecified atom stereocenters. The molecular weight excluding hydrogens is 458 g/mol. The first-order valence-corrected chi connectivity index (χ1v) is 12.3. The number of amides is 1. The SMILES string of the molecule is NC(=O)C(c1ncncn1)[N+]12CCC(CC1)[C@@H](OC(=O)C1(O)c3ccccc3Cc3ccccc31)C2. The Balaban J connectivity index is 1.34. The number of nitrogens with two attached hydrogens (primary N) is 1. The summed E-state index contributed by atoms with van der Waals surface area (Å²) >= 11 is 0. The zero-order valence-electron chi connectivity index (χ0n) is 19.8. The highest BCUT2D eigenvalue weighted by Crippen LogP contribution is 2.44. The average molecular weight is 487 g/mol. The third-order valence-electron chi connectivity index (χ3n) is 8.28. The summed E-state index contributed by atoms with van der Waals surface area (Å²) in [6, 6.07) is 14.2. The molecule has 2 bridgehead atoms. The van der Waals surface area contributed by atoms with Crippen molar-refractivity contribution in [2.45, 2.75) is 37.0 Å². The molecule has 36 heavy (non-hydrogen) atoms. The van der Waals surface area contributed by atoms with Crippen LogP contribution in [0.15, 0.2) is 61.2 Å². The molecule has 9 nitrogen and oxygen atoms in total. The number of rotatable bonds is 5. The van der Waals surface area contributed by atoms with Crippen LogP contribution in [0.3, 0.4) is 0 Å². The van der Waals surface area contributed by atoms with Gasteiger partial charge in [0.05, 0.1) is 13.1 Å². The van der Waals surface area contributed by atoms with Gasteiger partial charge < -0.3 is 20.1 Å². The number of hydrogen-bond donors (Lipinski definition) is 2. The highest BCUT2D eigenvalue weighted by molar-refractivity contribution is 5.87. The molecule has 7 rings (SSSR count). The maximum atomic E-state index is 13.9. The zero-order chi connectivity index (χ0) is 24.9. The van der Waals surface area contributed by atoms with Gasteiger partial charge in [0.25, 0.3) is 5.91 Å². The smallest absolute Gasteiger partial charge is 0.348 e. The number of piperidine rings is 3. The Morgan fingerprint density at radius 2 is 1.58 bits per heavy atom. The monoisotopic (exact) mass is 486 g/mol. The van der Waals surface area contributed by atoms with Gasteiger partial charge in [-0.2, -0.15) is 0 Å². The molecular formula is C27H28N5O4+. The quantitative estimate of drug-likeness (QED) is 0.412. The van der Waals surface area contributed by atoms with Crippen LogP contribution in [0.5, 0.6) is 0 Å². The van der Waals surface area contributed by atoms with Crippen molar-refractivity contribution in [3.05, 3.63) is 89.3 Å². The lowest BCUT2D eigenvalue weighted by atomic mass is 9.74. The zero-order valence-corrected chi connectivity index (χ0v) is 19.8. The Labute approximate surface area is 208 Å². The number of nitrogens with zero attached hydrogens (tertiary/aromatic N) is 4. The van der Waals surface area contributed by atoms with E-state index in [4.69, 9.17) is 10.5 Å². The van der Waals surface area contributed by atoms with Gasteiger partial charge in [-0.1, -0.05) is 48.5 Å². The number of benzene rings is 2. The number of primary amides is 1. The molecule has 184 valence electrons. The summed E-state index contributed by atoms with van der Waals surface area (Å²) < 4.78 is 6.50. The van der Waals surface area contributed by atoms with Gasteiger partial charge in [0.2, 0.25) is 11.6 Å². The molecule has 3 fully saturated rings. The Bertz CT molecular complexity index is 1280. The molecule has 4 heterocycles. The summed E-state index contributed by atoms with van der Waals surface area (Å²) in [5, 5.41) is 12.0. The van der Waals surface area contributed by atoms with Crippen LogP contribution in [0.25, 0.3) is 0 Å². The lowest BCUT2D eigenvalue weighted by molar-refractivity contribution is -0.965. The second kappa shape index (κ2) is 8.46. The molecule has 0 spiro atoms. The second-order valence-corrected chi connectivity index (χ2v) is 10.1. The summed E-state index contributed by atoms with van der Waals surface area (Å²) in [5.41, 5.74) is 6.87. The van der Waals surface area contributed by atoms with E-state index in [2.05, 4.69) is 15.0 Å². The van der Waals surface area contributed by atoms with Crippen molar-refractivity contribution >= 4 is 11.9 Å². The highest BCUT2D eigenvalue weighted by atomic mass is 16.6. The number of carbonyl (C=O) groups is 2. The molecule has 0 radical (unpaired) electrons. The van der Waals surface area contributed by atoms with Crippen LogP contribution in [0.2, 0.25) is 0 Å². The third-order valence-corrected chi connectivity index (χ3v) is 8.28. The molecule has 9 heteroatoms. The predicted octanol–water partition coefficient (Wildman–Crippen LogP) is 1.39. The lowest BCUT2D eigenvalue weighted by Crippen LogP contribution is -2.68. The van der Waals surface area contributed by atoms with Crippen LogP contribution in [0, 0.1) is 5.92 Å². The molecule has 1 aliphatic carbocycles. The molecule has 3 saturated heterocycles. The fraction of sp³-hybridized carbons (Fsp3) is 0.370. The van der Waals surface area contributed by atoms with E-state index < -0.39 is 29.6 Å². The standard InChI is InChI=1S/C27H27N5O4/c28-24(33)23(25-30-15-29-16-31-25)32-11-9-17(10-12-32)22(14-32)36-26(34)27(35)20-7-3-1-5-18(20)13-19-6-2-4-8-21(19)27/h1-8,15-17,22-23,35H,9-14H2,(H-,28,33)/p+1/t17?,22-,23?,32?/m0/s1. The van der Waals surface area contributed by atoms with Crippen molar-refractivity contribution in [2.24, 2.45) is 11.7 Å². The first kappa shape index (κ1) is 22.8. The minimum atomic E-state index is -1.90. The number of esters is 1. The lowest BCUT2D eigenvalue weighted by Gasteiger charge is -2.54. The molecule has 2 atom stereocenters. The number of fused-ring (bicyclic) bond motifs is 5. The van der Waals surface area contributed by atoms with Crippen molar-refractivity contribution < 1.29 is 23.9 Å². The van der Waals surface area contributed by atoms with Crippen molar-refractivity contribution in [3.8, 4) is 0 Å². The Morgan fingerprint density at radius 3 is 2.17 bits per heavy atom. The molecule has 3 aromatic rings. The summed E-state index contributed by atoms with van der Waals surface area (Å²) in [6.45, 7) is 1.84. The number of ether oxygens (including phenoxy) is 1. The summed E-state index contributed by atoms with van der Waals surface area (Å²) in [7, 11) is 0. The molecule has 0 saturated carbocycles. The summed E-state index contributed by atoms with van der Waals surface area (Å²) in [4.78, 5) is 38.8. The van der Waals surface area contributed by atoms with E-state index in [-0.39, 0.29) is 5.92 Å². The van der Waals surface area contributed by atoms with Gasteiger partial charge in [-0.05, 0) is 17.5 Å². The predicted molar refractivity (Wildman–Crippen MR) is 128 cm³/mol. The van der Waals surface area contributed by atoms with Crippen molar-refractivity contribution in [1.82, 2.24) is 15.0 Å². The Hall–Kier alpha value is -3.69. The first-order chi connectivity index (χ1) is 17.4. The fourth-order valence-corrected chi connectivity index (χ4v) is 6.54. The van der Waals surface area contributed by atoms with E-state index in [9.17, 15) is 14.7 Å². The van der Waals surface area contributed by atoms with Crippen LogP contribution in [0.4, 0.5) is 0 Å². The second-order valence-electron chi connectivity index (χ2n) is 10.1. The molecule has 3 N–H and O–H groups in total. The number of quaternary nitrogens is 1. The molecule has 3 aliphatic heterocycles. The largest absolute Gasteiger partial charge is 0.453 e. The minimum Gasteiger partial charge on any atom is -0.453 e. The van der Waals surface area contributed by atoms with Crippen LogP contribution in [-0.2, 0) is 26.3 Å². The molecule has 1 amide bonds. The normalized spacial score (nSPS) is 26.4. The fourth-order valence-electron chi connectivity index (χ4n) is 6.54. The van der Waals surface area contributed by atoms with E-state index in [1.807, 2.05) is 36.4 Å². The number of carbonyl (C=O) groups excluding carboxylic acids is 2. The topological polar surface area (TPSA) is 128 Å². The van der Waals surface area contributed by atoms with Crippen molar-refractivity contribution in [1.29, 1.82) is 0 Å². The van der Waals surface area contributed by atoms with Gasteiger partial charge >= 0.3 is 5.97 Å². The van der Waals surface area contributed by atoms with Gasteiger partial charge in [0.1, 0.15) is 19.2 Å². The van der Waals surface area contributed by atoms with Gasteiger partial charge in [0, 0.05) is 29.9 Å². The maximum Gasteiger partial charge on any atom is 0.348 e. The highest BCUT2D eigenvalue weighted by Gasteiger charge is 2.56. The van der Waals surface area contributed by atoms with Crippen LogP contribution < -0.4 is 5.73 Å². The molecule has 4 aliphatic rings. The van der Waals surface area contributed by atoms with E-state index in [0.29, 0.717) is 47.5 Å². The van der Waals surface area contributed by atoms with E-state index in [1.54, 1.807) is 12.1 Å². The van der Waals surface area contributed by atoms with Gasteiger partial charge in [0.15, 0.2) is 11.9 Å². The first-order valence-electron chi connectivity index (χ1n) is 12.3. The Morgan fingerprint density at radius 1 is 1.00 bits per heavy atom. The maximum absolute atomic E-state index is 13.9. The minimum absolute atomic E-state index is 0.151. The number of aromatic nitrogens is 3. The van der Waals surface area contributed by atoms with Crippen LogP contribution in [-0.4, -0.2) is 62.2 Å². The van der Waals surface area contributed by atoms with Crippen molar-refractivity contribution in [2.75, 3.05) is 19.6 Å². The molecule has 2 aromatic carbocycles. The third kappa shape index (κ3) is 3.42. The van der Waals surface area contributed by atoms with E-state index >= 15 is 0 Å². The Kier molecular flexibility index (Phi) is 5.35. The summed E-state index contributed by atoms with van der Waals surface area (Å²) in [5.74, 6) is -0.717. The van der Waals surface area contributed by atoms with Crippen molar-refractivity contribution in [3.63, 3.8) is 0 Å². The average Bonchev–Trinajstić information content (AvgIpc) is 2.90. The molecule has 1 aromatic heterocycles. The van der Waals surface area contributed by atoms with Crippen LogP contribution in [0.1, 0.15) is 47.0 Å².